The molecule has 0 saturated heterocycles. The second-order valence-electron chi connectivity index (χ2n) is 2.34. The fraction of sp³-hybridized carbons (Fsp3) is 0.250. The van der Waals surface area contributed by atoms with Gasteiger partial charge in [-0.2, -0.15) is 0 Å². The van der Waals surface area contributed by atoms with Gasteiger partial charge in [0.25, 0.3) is 0 Å². The van der Waals surface area contributed by atoms with E-state index in [9.17, 15) is 0 Å². The number of nitrogens with two attached hydrogens (primary N) is 1. The smallest absolute Gasteiger partial charge is 0.0266 e. The van der Waals surface area contributed by atoms with Gasteiger partial charge in [-0.15, -0.1) is 0 Å². The van der Waals surface area contributed by atoms with Gasteiger partial charge in [-0.05, 0) is 47.2 Å². The average Bonchev–Trinajstić information content (AvgIpc) is 1.88. The van der Waals surface area contributed by atoms with Crippen molar-refractivity contribution < 1.29 is 0 Å². The zero-order chi connectivity index (χ0) is 7.56. The molecule has 0 fully saturated rings. The lowest BCUT2D eigenvalue weighted by atomic mass is 10.1. The molecule has 0 bridgehead atoms. The summed E-state index contributed by atoms with van der Waals surface area (Å²) in [6.45, 7) is 1.99. The van der Waals surface area contributed by atoms with Gasteiger partial charge in [-0.3, -0.25) is 0 Å². The van der Waals surface area contributed by atoms with Crippen molar-refractivity contribution in [1.29, 1.82) is 0 Å². The van der Waals surface area contributed by atoms with Crippen LogP contribution in [0.1, 0.15) is 18.5 Å². The third-order valence-corrected chi connectivity index (χ3v) is 2.11. The quantitative estimate of drug-likeness (QED) is 0.757. The van der Waals surface area contributed by atoms with Gasteiger partial charge in [-0.25, -0.2) is 0 Å². The monoisotopic (exact) mass is 247 g/mol. The summed E-state index contributed by atoms with van der Waals surface area (Å²) < 4.78 is 1.25. The molecule has 1 unspecified atom stereocenters. The summed E-state index contributed by atoms with van der Waals surface area (Å²) in [4.78, 5) is 0. The van der Waals surface area contributed by atoms with Gasteiger partial charge in [-0.1, -0.05) is 12.1 Å². The van der Waals surface area contributed by atoms with E-state index in [1.807, 2.05) is 6.92 Å². The molecule has 0 radical (unpaired) electrons. The molecule has 10 heavy (non-hydrogen) atoms. The Morgan fingerprint density at radius 3 is 2.20 bits per heavy atom. The predicted molar refractivity (Wildman–Crippen MR) is 51.8 cm³/mol. The van der Waals surface area contributed by atoms with Gasteiger partial charge in [0.1, 0.15) is 0 Å². The second-order valence-corrected chi connectivity index (χ2v) is 3.59. The minimum Gasteiger partial charge on any atom is -0.324 e. The van der Waals surface area contributed by atoms with Crippen LogP contribution in [0.4, 0.5) is 0 Å². The van der Waals surface area contributed by atoms with E-state index in [4.69, 9.17) is 5.73 Å². The molecule has 1 aromatic rings. The van der Waals surface area contributed by atoms with E-state index in [2.05, 4.69) is 46.9 Å². The number of hydrogen-bond donors (Lipinski definition) is 1. The summed E-state index contributed by atoms with van der Waals surface area (Å²) in [6.07, 6.45) is 0. The summed E-state index contributed by atoms with van der Waals surface area (Å²) in [7, 11) is 0. The van der Waals surface area contributed by atoms with Gasteiger partial charge in [0.2, 0.25) is 0 Å². The maximum absolute atomic E-state index is 5.66. The molecule has 0 aliphatic rings. The Bertz CT molecular complexity index is 203. The normalized spacial score (nSPS) is 13.1. The molecule has 2 N–H and O–H groups in total. The maximum Gasteiger partial charge on any atom is 0.0266 e. The standard InChI is InChI=1S/C8H10IN/c1-6(10)7-2-4-8(9)5-3-7/h2-6H,10H2,1H3. The predicted octanol–water partition coefficient (Wildman–Crippen LogP) is 2.31. The first-order chi connectivity index (χ1) is 4.70. The first-order valence-electron chi connectivity index (χ1n) is 3.21. The highest BCUT2D eigenvalue weighted by molar-refractivity contribution is 14.1. The molecule has 0 amide bonds. The molecular formula is C8H10IN. The molecule has 0 aliphatic carbocycles. The topological polar surface area (TPSA) is 26.0 Å². The molecule has 1 atom stereocenters. The third-order valence-electron chi connectivity index (χ3n) is 1.40. The highest BCUT2D eigenvalue weighted by Gasteiger charge is 1.96. The van der Waals surface area contributed by atoms with Crippen LogP contribution in [0.5, 0.6) is 0 Å². The molecule has 0 aliphatic heterocycles. The van der Waals surface area contributed by atoms with Crippen LogP contribution in [-0.4, -0.2) is 0 Å². The zero-order valence-corrected chi connectivity index (χ0v) is 8.00. The Morgan fingerprint density at radius 1 is 1.30 bits per heavy atom. The van der Waals surface area contributed by atoms with E-state index in [-0.39, 0.29) is 6.04 Å². The third kappa shape index (κ3) is 1.95. The van der Waals surface area contributed by atoms with Crippen molar-refractivity contribution in [1.82, 2.24) is 0 Å². The van der Waals surface area contributed by atoms with Crippen LogP contribution >= 0.6 is 22.6 Å². The van der Waals surface area contributed by atoms with E-state index in [1.165, 1.54) is 9.13 Å². The summed E-state index contributed by atoms with van der Waals surface area (Å²) in [5, 5.41) is 0. The molecule has 2 heteroatoms. The van der Waals surface area contributed by atoms with Crippen LogP contribution in [-0.2, 0) is 0 Å². The highest BCUT2D eigenvalue weighted by atomic mass is 127. The fourth-order valence-electron chi connectivity index (χ4n) is 0.766. The van der Waals surface area contributed by atoms with Crippen molar-refractivity contribution in [2.24, 2.45) is 5.73 Å². The lowest BCUT2D eigenvalue weighted by Crippen LogP contribution is -2.04. The number of halogens is 1. The first-order valence-corrected chi connectivity index (χ1v) is 4.29. The summed E-state index contributed by atoms with van der Waals surface area (Å²) in [6, 6.07) is 8.41. The Hall–Kier alpha value is -0.0900. The van der Waals surface area contributed by atoms with E-state index >= 15 is 0 Å². The van der Waals surface area contributed by atoms with Crippen molar-refractivity contribution in [2.75, 3.05) is 0 Å². The average molecular weight is 247 g/mol. The first kappa shape index (κ1) is 8.01. The molecule has 0 heterocycles. The van der Waals surface area contributed by atoms with Crippen molar-refractivity contribution in [3.05, 3.63) is 33.4 Å². The minimum absolute atomic E-state index is 0.150. The van der Waals surface area contributed by atoms with E-state index in [1.54, 1.807) is 0 Å². The Kier molecular flexibility index (Phi) is 2.68. The second kappa shape index (κ2) is 3.34. The van der Waals surface area contributed by atoms with Crippen LogP contribution in [0.15, 0.2) is 24.3 Å². The van der Waals surface area contributed by atoms with E-state index in [0.717, 1.165) is 0 Å². The molecule has 0 aromatic heterocycles. The highest BCUT2D eigenvalue weighted by Crippen LogP contribution is 2.11. The van der Waals surface area contributed by atoms with Crippen molar-refractivity contribution >= 4 is 22.6 Å². The minimum atomic E-state index is 0.150. The lowest BCUT2D eigenvalue weighted by Gasteiger charge is -2.03. The number of rotatable bonds is 1. The zero-order valence-electron chi connectivity index (χ0n) is 5.84. The van der Waals surface area contributed by atoms with Crippen LogP contribution in [0.25, 0.3) is 0 Å². The van der Waals surface area contributed by atoms with E-state index in [0.29, 0.717) is 0 Å². The van der Waals surface area contributed by atoms with Crippen LogP contribution in [0.3, 0.4) is 0 Å². The van der Waals surface area contributed by atoms with Crippen LogP contribution < -0.4 is 5.73 Å². The van der Waals surface area contributed by atoms with Gasteiger partial charge in [0.15, 0.2) is 0 Å². The van der Waals surface area contributed by atoms with Crippen LogP contribution in [0, 0.1) is 3.57 Å². The fourth-order valence-corrected chi connectivity index (χ4v) is 1.13. The van der Waals surface area contributed by atoms with Gasteiger partial charge < -0.3 is 5.73 Å². The molecule has 1 aromatic carbocycles. The van der Waals surface area contributed by atoms with Gasteiger partial charge in [0, 0.05) is 9.61 Å². The van der Waals surface area contributed by atoms with Crippen LogP contribution in [0.2, 0.25) is 0 Å². The molecule has 0 spiro atoms. The number of benzene rings is 1. The molecule has 0 saturated carbocycles. The summed E-state index contributed by atoms with van der Waals surface area (Å²) in [5.74, 6) is 0. The largest absolute Gasteiger partial charge is 0.324 e. The lowest BCUT2D eigenvalue weighted by molar-refractivity contribution is 0.818. The molecule has 1 rings (SSSR count). The van der Waals surface area contributed by atoms with Crippen molar-refractivity contribution in [3.63, 3.8) is 0 Å². The van der Waals surface area contributed by atoms with Crippen molar-refractivity contribution in [3.8, 4) is 0 Å². The van der Waals surface area contributed by atoms with E-state index < -0.39 is 0 Å². The summed E-state index contributed by atoms with van der Waals surface area (Å²) >= 11 is 2.28. The maximum atomic E-state index is 5.66. The van der Waals surface area contributed by atoms with Gasteiger partial charge in [0.05, 0.1) is 0 Å². The number of hydrogen-bond acceptors (Lipinski definition) is 1. The Morgan fingerprint density at radius 2 is 1.80 bits per heavy atom. The van der Waals surface area contributed by atoms with Gasteiger partial charge >= 0.3 is 0 Å². The van der Waals surface area contributed by atoms with Crippen molar-refractivity contribution in [2.45, 2.75) is 13.0 Å². The molecule has 1 nitrogen and oxygen atoms in total. The SMILES string of the molecule is CC(N)c1ccc(I)cc1. The molecular weight excluding hydrogens is 237 g/mol. The summed E-state index contributed by atoms with van der Waals surface area (Å²) in [5.41, 5.74) is 6.86. The Balaban J connectivity index is 2.89. The molecule has 54 valence electrons. The Labute approximate surface area is 74.8 Å².